The van der Waals surface area contributed by atoms with Gasteiger partial charge in [-0.2, -0.15) is 0 Å². The fourth-order valence-corrected chi connectivity index (χ4v) is 3.77. The van der Waals surface area contributed by atoms with Gasteiger partial charge < -0.3 is 4.90 Å². The molecule has 0 N–H and O–H groups in total. The van der Waals surface area contributed by atoms with Gasteiger partial charge in [-0.15, -0.1) is 0 Å². The second-order valence-corrected chi connectivity index (χ2v) is 6.79. The van der Waals surface area contributed by atoms with Gasteiger partial charge in [-0.1, -0.05) is 30.3 Å². The van der Waals surface area contributed by atoms with E-state index in [4.69, 9.17) is 0 Å². The molecule has 0 aliphatic carbocycles. The van der Waals surface area contributed by atoms with Crippen LogP contribution in [0.3, 0.4) is 0 Å². The van der Waals surface area contributed by atoms with E-state index in [0.29, 0.717) is 0 Å². The lowest BCUT2D eigenvalue weighted by atomic mass is 9.90. The van der Waals surface area contributed by atoms with Gasteiger partial charge in [-0.25, -0.2) is 4.98 Å². The predicted molar refractivity (Wildman–Crippen MR) is 91.8 cm³/mol. The standard InChI is InChI=1S/C18H21BrN2/c1-14-11-17(19)18(20-13-14)21-9-7-16(8-10-21)12-15-5-3-2-4-6-15/h2-6,11,13,16H,7-10,12H2,1H3. The number of piperidine rings is 1. The summed E-state index contributed by atoms with van der Waals surface area (Å²) in [7, 11) is 0. The summed E-state index contributed by atoms with van der Waals surface area (Å²) in [6.45, 7) is 4.28. The second kappa shape index (κ2) is 6.61. The summed E-state index contributed by atoms with van der Waals surface area (Å²) in [5, 5.41) is 0. The van der Waals surface area contributed by atoms with Crippen molar-refractivity contribution in [3.8, 4) is 0 Å². The lowest BCUT2D eigenvalue weighted by molar-refractivity contribution is 0.402. The Morgan fingerprint density at radius 2 is 1.90 bits per heavy atom. The number of rotatable bonds is 3. The Morgan fingerprint density at radius 1 is 1.19 bits per heavy atom. The Morgan fingerprint density at radius 3 is 2.57 bits per heavy atom. The highest BCUT2D eigenvalue weighted by molar-refractivity contribution is 9.10. The normalized spacial score (nSPS) is 16.2. The van der Waals surface area contributed by atoms with Crippen LogP contribution in [0.4, 0.5) is 5.82 Å². The fourth-order valence-electron chi connectivity index (χ4n) is 3.06. The first-order chi connectivity index (χ1) is 10.2. The van der Waals surface area contributed by atoms with Crippen LogP contribution in [-0.2, 0) is 6.42 Å². The number of benzene rings is 1. The van der Waals surface area contributed by atoms with Crippen LogP contribution < -0.4 is 4.90 Å². The van der Waals surface area contributed by atoms with E-state index in [9.17, 15) is 0 Å². The summed E-state index contributed by atoms with van der Waals surface area (Å²) in [5.41, 5.74) is 2.66. The number of hydrogen-bond donors (Lipinski definition) is 0. The highest BCUT2D eigenvalue weighted by Gasteiger charge is 2.21. The van der Waals surface area contributed by atoms with E-state index in [0.717, 1.165) is 29.3 Å². The molecule has 21 heavy (non-hydrogen) atoms. The monoisotopic (exact) mass is 344 g/mol. The Kier molecular flexibility index (Phi) is 4.59. The summed E-state index contributed by atoms with van der Waals surface area (Å²) >= 11 is 3.65. The number of aromatic nitrogens is 1. The highest BCUT2D eigenvalue weighted by atomic mass is 79.9. The van der Waals surface area contributed by atoms with Crippen LogP contribution in [0, 0.1) is 12.8 Å². The molecule has 0 saturated carbocycles. The number of aryl methyl sites for hydroxylation is 1. The molecule has 2 aromatic rings. The van der Waals surface area contributed by atoms with Gasteiger partial charge in [0.05, 0.1) is 4.47 Å². The summed E-state index contributed by atoms with van der Waals surface area (Å²) in [4.78, 5) is 7.00. The van der Waals surface area contributed by atoms with E-state index in [2.05, 4.69) is 69.1 Å². The highest BCUT2D eigenvalue weighted by Crippen LogP contribution is 2.29. The molecule has 1 aromatic carbocycles. The molecule has 0 unspecified atom stereocenters. The largest absolute Gasteiger partial charge is 0.356 e. The van der Waals surface area contributed by atoms with Crippen LogP contribution in [0.25, 0.3) is 0 Å². The van der Waals surface area contributed by atoms with E-state index in [1.165, 1.54) is 30.4 Å². The molecule has 110 valence electrons. The maximum atomic E-state index is 4.59. The molecule has 2 nitrogen and oxygen atoms in total. The number of pyridine rings is 1. The topological polar surface area (TPSA) is 16.1 Å². The Labute approximate surface area is 135 Å². The van der Waals surface area contributed by atoms with Crippen LogP contribution in [0.15, 0.2) is 47.1 Å². The first-order valence-corrected chi connectivity index (χ1v) is 8.42. The molecular weight excluding hydrogens is 324 g/mol. The minimum absolute atomic E-state index is 0.799. The van der Waals surface area contributed by atoms with Crippen LogP contribution in [0.2, 0.25) is 0 Å². The summed E-state index contributed by atoms with van der Waals surface area (Å²) in [6, 6.07) is 13.0. The second-order valence-electron chi connectivity index (χ2n) is 5.94. The molecule has 0 bridgehead atoms. The van der Waals surface area contributed by atoms with E-state index in [-0.39, 0.29) is 0 Å². The van der Waals surface area contributed by atoms with Crippen molar-refractivity contribution in [2.45, 2.75) is 26.2 Å². The fraction of sp³-hybridized carbons (Fsp3) is 0.389. The maximum absolute atomic E-state index is 4.59. The third kappa shape index (κ3) is 3.65. The Balaban J connectivity index is 1.60. The summed E-state index contributed by atoms with van der Waals surface area (Å²) < 4.78 is 1.11. The predicted octanol–water partition coefficient (Wildman–Crippen LogP) is 4.61. The van der Waals surface area contributed by atoms with Gasteiger partial charge in [0.2, 0.25) is 0 Å². The maximum Gasteiger partial charge on any atom is 0.142 e. The molecule has 1 aliphatic heterocycles. The van der Waals surface area contributed by atoms with Crippen molar-refractivity contribution < 1.29 is 0 Å². The van der Waals surface area contributed by atoms with E-state index in [1.54, 1.807) is 0 Å². The van der Waals surface area contributed by atoms with Crippen molar-refractivity contribution in [3.63, 3.8) is 0 Å². The van der Waals surface area contributed by atoms with Crippen molar-refractivity contribution in [1.82, 2.24) is 4.98 Å². The van der Waals surface area contributed by atoms with E-state index in [1.807, 2.05) is 6.20 Å². The average molecular weight is 345 g/mol. The molecular formula is C18H21BrN2. The summed E-state index contributed by atoms with van der Waals surface area (Å²) in [6.07, 6.45) is 5.65. The van der Waals surface area contributed by atoms with Gasteiger partial charge in [-0.3, -0.25) is 0 Å². The third-order valence-electron chi connectivity index (χ3n) is 4.24. The van der Waals surface area contributed by atoms with Crippen LogP contribution in [-0.4, -0.2) is 18.1 Å². The van der Waals surface area contributed by atoms with Gasteiger partial charge in [0.1, 0.15) is 5.82 Å². The van der Waals surface area contributed by atoms with Crippen LogP contribution in [0.1, 0.15) is 24.0 Å². The zero-order valence-corrected chi connectivity index (χ0v) is 14.0. The lowest BCUT2D eigenvalue weighted by Crippen LogP contribution is -2.35. The molecule has 1 fully saturated rings. The first-order valence-electron chi connectivity index (χ1n) is 7.63. The number of nitrogens with zero attached hydrogens (tertiary/aromatic N) is 2. The molecule has 2 heterocycles. The third-order valence-corrected chi connectivity index (χ3v) is 4.82. The molecule has 1 saturated heterocycles. The van der Waals surface area contributed by atoms with Gasteiger partial charge in [0.15, 0.2) is 0 Å². The van der Waals surface area contributed by atoms with Crippen molar-refractivity contribution in [2.75, 3.05) is 18.0 Å². The minimum atomic E-state index is 0.799. The van der Waals surface area contributed by atoms with Gasteiger partial charge in [-0.05, 0) is 65.2 Å². The Hall–Kier alpha value is -1.35. The van der Waals surface area contributed by atoms with E-state index >= 15 is 0 Å². The molecule has 3 heteroatoms. The quantitative estimate of drug-likeness (QED) is 0.807. The van der Waals surface area contributed by atoms with Gasteiger partial charge in [0, 0.05) is 19.3 Å². The lowest BCUT2D eigenvalue weighted by Gasteiger charge is -2.33. The van der Waals surface area contributed by atoms with Crippen LogP contribution >= 0.6 is 15.9 Å². The summed E-state index contributed by atoms with van der Waals surface area (Å²) in [5.74, 6) is 1.90. The molecule has 0 radical (unpaired) electrons. The molecule has 0 spiro atoms. The number of hydrogen-bond acceptors (Lipinski definition) is 2. The zero-order valence-electron chi connectivity index (χ0n) is 12.4. The van der Waals surface area contributed by atoms with Gasteiger partial charge in [0.25, 0.3) is 0 Å². The number of anilines is 1. The smallest absolute Gasteiger partial charge is 0.142 e. The molecule has 1 aliphatic rings. The zero-order chi connectivity index (χ0) is 14.7. The minimum Gasteiger partial charge on any atom is -0.356 e. The molecule has 1 aromatic heterocycles. The molecule has 0 atom stereocenters. The molecule has 0 amide bonds. The van der Waals surface area contributed by atoms with Crippen molar-refractivity contribution in [2.24, 2.45) is 5.92 Å². The van der Waals surface area contributed by atoms with Crippen LogP contribution in [0.5, 0.6) is 0 Å². The Bertz CT molecular complexity index is 589. The van der Waals surface area contributed by atoms with Gasteiger partial charge >= 0.3 is 0 Å². The van der Waals surface area contributed by atoms with Crippen molar-refractivity contribution in [1.29, 1.82) is 0 Å². The van der Waals surface area contributed by atoms with Crippen molar-refractivity contribution in [3.05, 3.63) is 58.2 Å². The van der Waals surface area contributed by atoms with E-state index < -0.39 is 0 Å². The van der Waals surface area contributed by atoms with Crippen molar-refractivity contribution >= 4 is 21.7 Å². The SMILES string of the molecule is Cc1cnc(N2CCC(Cc3ccccc3)CC2)c(Br)c1. The number of halogens is 1. The molecule has 3 rings (SSSR count). The average Bonchev–Trinajstić information content (AvgIpc) is 2.49. The first kappa shape index (κ1) is 14.6.